The highest BCUT2D eigenvalue weighted by molar-refractivity contribution is 5.77. The molecule has 0 aromatic heterocycles. The molecule has 0 aliphatic heterocycles. The number of carbonyl (C=O) groups is 1. The summed E-state index contributed by atoms with van der Waals surface area (Å²) in [5.41, 5.74) is 6.66. The minimum absolute atomic E-state index is 0.0448. The van der Waals surface area contributed by atoms with Gasteiger partial charge < -0.3 is 15.8 Å². The molecular formula is C15H25N3O2. The van der Waals surface area contributed by atoms with Crippen LogP contribution in [0.3, 0.4) is 0 Å². The van der Waals surface area contributed by atoms with Crippen LogP contribution in [0.1, 0.15) is 18.9 Å². The van der Waals surface area contributed by atoms with E-state index >= 15 is 0 Å². The Morgan fingerprint density at radius 2 is 2.25 bits per heavy atom. The number of ether oxygens (including phenoxy) is 1. The largest absolute Gasteiger partial charge is 0.494 e. The van der Waals surface area contributed by atoms with Gasteiger partial charge in [-0.2, -0.15) is 0 Å². The smallest absolute Gasteiger partial charge is 0.233 e. The van der Waals surface area contributed by atoms with Crippen molar-refractivity contribution in [2.75, 3.05) is 33.3 Å². The molecular weight excluding hydrogens is 254 g/mol. The molecule has 0 saturated carbocycles. The van der Waals surface area contributed by atoms with E-state index in [2.05, 4.69) is 17.1 Å². The van der Waals surface area contributed by atoms with Gasteiger partial charge >= 0.3 is 0 Å². The second kappa shape index (κ2) is 9.34. The van der Waals surface area contributed by atoms with Gasteiger partial charge in [-0.05, 0) is 30.7 Å². The van der Waals surface area contributed by atoms with Crippen molar-refractivity contribution >= 4 is 5.91 Å². The van der Waals surface area contributed by atoms with Gasteiger partial charge in [-0.25, -0.2) is 0 Å². The van der Waals surface area contributed by atoms with E-state index in [0.717, 1.165) is 30.8 Å². The summed E-state index contributed by atoms with van der Waals surface area (Å²) in [5.74, 6) is 0.894. The van der Waals surface area contributed by atoms with Crippen molar-refractivity contribution < 1.29 is 9.53 Å². The molecule has 5 nitrogen and oxygen atoms in total. The Morgan fingerprint density at radius 3 is 2.90 bits per heavy atom. The summed E-state index contributed by atoms with van der Waals surface area (Å²) in [7, 11) is 1.66. The van der Waals surface area contributed by atoms with E-state index < -0.39 is 0 Å². The number of nitrogens with zero attached hydrogens (tertiary/aromatic N) is 1. The first-order valence-corrected chi connectivity index (χ1v) is 7.04. The number of hydrogen-bond acceptors (Lipinski definition) is 4. The van der Waals surface area contributed by atoms with Crippen molar-refractivity contribution in [3.05, 3.63) is 29.8 Å². The van der Waals surface area contributed by atoms with E-state index in [1.165, 1.54) is 0 Å². The number of hydrogen-bond donors (Lipinski definition) is 2. The quantitative estimate of drug-likeness (QED) is 0.661. The average Bonchev–Trinajstić information content (AvgIpc) is 2.50. The van der Waals surface area contributed by atoms with Gasteiger partial charge in [0.25, 0.3) is 0 Å². The summed E-state index contributed by atoms with van der Waals surface area (Å²) in [6.07, 6.45) is 0.887. The third-order valence-corrected chi connectivity index (χ3v) is 3.11. The van der Waals surface area contributed by atoms with E-state index in [1.807, 2.05) is 24.3 Å². The number of nitrogens with two attached hydrogens (primary N) is 1. The first kappa shape index (κ1) is 16.5. The normalized spacial score (nSPS) is 10.6. The zero-order valence-electron chi connectivity index (χ0n) is 12.4. The predicted octanol–water partition coefficient (Wildman–Crippen LogP) is 0.982. The Labute approximate surface area is 121 Å². The maximum Gasteiger partial charge on any atom is 0.233 e. The van der Waals surface area contributed by atoms with Crippen LogP contribution in [0.2, 0.25) is 0 Å². The molecule has 3 N–H and O–H groups in total. The molecule has 0 aliphatic rings. The second-order valence-electron chi connectivity index (χ2n) is 4.60. The van der Waals surface area contributed by atoms with Gasteiger partial charge in [0.15, 0.2) is 0 Å². The van der Waals surface area contributed by atoms with Gasteiger partial charge in [0, 0.05) is 20.1 Å². The predicted molar refractivity (Wildman–Crippen MR) is 80.6 cm³/mol. The molecule has 0 radical (unpaired) electrons. The summed E-state index contributed by atoms with van der Waals surface area (Å²) in [4.78, 5) is 13.4. The number of carbonyl (C=O) groups excluding carboxylic acids is 1. The first-order valence-electron chi connectivity index (χ1n) is 7.04. The van der Waals surface area contributed by atoms with E-state index in [1.54, 1.807) is 7.05 Å². The third kappa shape index (κ3) is 6.04. The minimum atomic E-state index is 0.0448. The summed E-state index contributed by atoms with van der Waals surface area (Å²) in [5, 5.41) is 2.63. The third-order valence-electron chi connectivity index (χ3n) is 3.11. The highest BCUT2D eigenvalue weighted by Crippen LogP contribution is 2.13. The van der Waals surface area contributed by atoms with Gasteiger partial charge in [-0.1, -0.05) is 19.1 Å². The lowest BCUT2D eigenvalue weighted by Crippen LogP contribution is -2.36. The van der Waals surface area contributed by atoms with Gasteiger partial charge in [-0.15, -0.1) is 0 Å². The fourth-order valence-electron chi connectivity index (χ4n) is 1.87. The molecule has 0 aliphatic carbocycles. The van der Waals surface area contributed by atoms with Crippen LogP contribution in [-0.4, -0.2) is 44.1 Å². The molecule has 1 rings (SSSR count). The zero-order chi connectivity index (χ0) is 14.8. The van der Waals surface area contributed by atoms with E-state index in [-0.39, 0.29) is 5.91 Å². The standard InChI is InChI=1S/C15H25N3O2/c1-3-18(12-15(19)17-2)8-5-9-20-14-7-4-6-13(10-14)11-16/h4,6-7,10H,3,5,8-9,11-12,16H2,1-2H3,(H,17,19). The highest BCUT2D eigenvalue weighted by Gasteiger charge is 2.07. The summed E-state index contributed by atoms with van der Waals surface area (Å²) in [6.45, 7) is 5.35. The van der Waals surface area contributed by atoms with Crippen LogP contribution in [0.25, 0.3) is 0 Å². The van der Waals surface area contributed by atoms with Crippen molar-refractivity contribution in [1.82, 2.24) is 10.2 Å². The molecule has 0 saturated heterocycles. The Morgan fingerprint density at radius 1 is 1.45 bits per heavy atom. The second-order valence-corrected chi connectivity index (χ2v) is 4.60. The monoisotopic (exact) mass is 279 g/mol. The number of benzene rings is 1. The van der Waals surface area contributed by atoms with Crippen molar-refractivity contribution in [3.63, 3.8) is 0 Å². The average molecular weight is 279 g/mol. The van der Waals surface area contributed by atoms with E-state index in [0.29, 0.717) is 19.7 Å². The van der Waals surface area contributed by atoms with E-state index in [4.69, 9.17) is 10.5 Å². The van der Waals surface area contributed by atoms with Crippen LogP contribution in [-0.2, 0) is 11.3 Å². The fourth-order valence-corrected chi connectivity index (χ4v) is 1.87. The van der Waals surface area contributed by atoms with E-state index in [9.17, 15) is 4.79 Å². The summed E-state index contributed by atoms with van der Waals surface area (Å²) < 4.78 is 5.69. The lowest BCUT2D eigenvalue weighted by molar-refractivity contribution is -0.121. The molecule has 0 atom stereocenters. The molecule has 0 unspecified atom stereocenters. The molecule has 5 heteroatoms. The van der Waals surface area contributed by atoms with Gasteiger partial charge in [0.2, 0.25) is 5.91 Å². The molecule has 1 aromatic rings. The Balaban J connectivity index is 2.27. The minimum Gasteiger partial charge on any atom is -0.494 e. The highest BCUT2D eigenvalue weighted by atomic mass is 16.5. The number of nitrogens with one attached hydrogen (secondary N) is 1. The molecule has 20 heavy (non-hydrogen) atoms. The zero-order valence-corrected chi connectivity index (χ0v) is 12.4. The van der Waals surface area contributed by atoms with Crippen LogP contribution in [0, 0.1) is 0 Å². The first-order chi connectivity index (χ1) is 9.69. The molecule has 0 fully saturated rings. The van der Waals surface area contributed by atoms with Crippen LogP contribution < -0.4 is 15.8 Å². The lowest BCUT2D eigenvalue weighted by Gasteiger charge is -2.19. The topological polar surface area (TPSA) is 67.6 Å². The SMILES string of the molecule is CCN(CCCOc1cccc(CN)c1)CC(=O)NC. The Hall–Kier alpha value is -1.59. The summed E-state index contributed by atoms with van der Waals surface area (Å²) in [6, 6.07) is 7.82. The fraction of sp³-hybridized carbons (Fsp3) is 0.533. The summed E-state index contributed by atoms with van der Waals surface area (Å²) >= 11 is 0. The van der Waals surface area contributed by atoms with Crippen LogP contribution >= 0.6 is 0 Å². The number of amides is 1. The molecule has 1 aromatic carbocycles. The molecule has 0 spiro atoms. The Bertz CT molecular complexity index is 410. The molecule has 112 valence electrons. The lowest BCUT2D eigenvalue weighted by atomic mass is 10.2. The molecule has 0 heterocycles. The maximum atomic E-state index is 11.3. The van der Waals surface area contributed by atoms with Crippen LogP contribution in [0.5, 0.6) is 5.75 Å². The van der Waals surface area contributed by atoms with Crippen molar-refractivity contribution in [3.8, 4) is 5.75 Å². The maximum absolute atomic E-state index is 11.3. The Kier molecular flexibility index (Phi) is 7.69. The van der Waals surface area contributed by atoms with Crippen LogP contribution in [0.15, 0.2) is 24.3 Å². The number of rotatable bonds is 9. The van der Waals surface area contributed by atoms with Gasteiger partial charge in [-0.3, -0.25) is 9.69 Å². The van der Waals surface area contributed by atoms with Gasteiger partial charge in [0.05, 0.1) is 13.2 Å². The van der Waals surface area contributed by atoms with Gasteiger partial charge in [0.1, 0.15) is 5.75 Å². The van der Waals surface area contributed by atoms with Crippen molar-refractivity contribution in [2.45, 2.75) is 19.9 Å². The van der Waals surface area contributed by atoms with Crippen molar-refractivity contribution in [2.24, 2.45) is 5.73 Å². The van der Waals surface area contributed by atoms with Crippen molar-refractivity contribution in [1.29, 1.82) is 0 Å². The van der Waals surface area contributed by atoms with Crippen LogP contribution in [0.4, 0.5) is 0 Å². The number of likely N-dealkylation sites (N-methyl/N-ethyl adjacent to an activating group) is 2. The molecule has 1 amide bonds. The molecule has 0 bridgehead atoms.